The van der Waals surface area contributed by atoms with E-state index in [1.165, 1.54) is 14.2 Å². The van der Waals surface area contributed by atoms with Crippen molar-refractivity contribution < 1.29 is 14.3 Å². The van der Waals surface area contributed by atoms with Crippen LogP contribution in [0.3, 0.4) is 0 Å². The first kappa shape index (κ1) is 15.6. The van der Waals surface area contributed by atoms with E-state index in [0.29, 0.717) is 23.5 Å². The predicted molar refractivity (Wildman–Crippen MR) is 77.1 cm³/mol. The fourth-order valence-electron chi connectivity index (χ4n) is 1.52. The molecule has 0 aromatic heterocycles. The highest BCUT2D eigenvalue weighted by Gasteiger charge is 2.09. The standard InChI is InChI=1S/C13H18N2O3S/c1-17-12(18-2)8-15-13(16)10-5-3-9(4-6-10)7-11(14)19/h3-6,12H,7-8H2,1-2H3,(H2,14,19)(H,15,16). The van der Waals surface area contributed by atoms with Crippen molar-refractivity contribution in [2.75, 3.05) is 20.8 Å². The Morgan fingerprint density at radius 2 is 1.89 bits per heavy atom. The van der Waals surface area contributed by atoms with Crippen molar-refractivity contribution >= 4 is 23.1 Å². The first-order valence-electron chi connectivity index (χ1n) is 5.78. The Morgan fingerprint density at radius 3 is 2.37 bits per heavy atom. The molecule has 1 aromatic carbocycles. The summed E-state index contributed by atoms with van der Waals surface area (Å²) < 4.78 is 9.97. The van der Waals surface area contributed by atoms with Crippen LogP contribution in [0.1, 0.15) is 15.9 Å². The first-order valence-corrected chi connectivity index (χ1v) is 6.18. The average Bonchev–Trinajstić information content (AvgIpc) is 2.39. The zero-order valence-corrected chi connectivity index (χ0v) is 11.8. The van der Waals surface area contributed by atoms with Crippen molar-refractivity contribution in [3.63, 3.8) is 0 Å². The summed E-state index contributed by atoms with van der Waals surface area (Å²) >= 11 is 4.83. The maximum Gasteiger partial charge on any atom is 0.251 e. The molecule has 5 nitrogen and oxygen atoms in total. The number of carbonyl (C=O) groups is 1. The molecule has 0 saturated carbocycles. The number of nitrogens with one attached hydrogen (secondary N) is 1. The minimum Gasteiger partial charge on any atom is -0.393 e. The van der Waals surface area contributed by atoms with Gasteiger partial charge >= 0.3 is 0 Å². The Morgan fingerprint density at radius 1 is 1.32 bits per heavy atom. The number of ether oxygens (including phenoxy) is 2. The number of rotatable bonds is 7. The molecule has 1 aromatic rings. The van der Waals surface area contributed by atoms with Crippen LogP contribution in [0.4, 0.5) is 0 Å². The molecule has 1 amide bonds. The van der Waals surface area contributed by atoms with Crippen LogP contribution in [0.25, 0.3) is 0 Å². The van der Waals surface area contributed by atoms with Gasteiger partial charge in [0.2, 0.25) is 0 Å². The quantitative estimate of drug-likeness (QED) is 0.573. The molecule has 0 bridgehead atoms. The van der Waals surface area contributed by atoms with Gasteiger partial charge in [0.05, 0.1) is 11.5 Å². The molecule has 0 unspecified atom stereocenters. The third-order valence-electron chi connectivity index (χ3n) is 2.55. The Hall–Kier alpha value is -1.50. The number of amides is 1. The van der Waals surface area contributed by atoms with Crippen molar-refractivity contribution in [1.82, 2.24) is 5.32 Å². The summed E-state index contributed by atoms with van der Waals surface area (Å²) in [4.78, 5) is 12.3. The molecule has 0 aliphatic carbocycles. The summed E-state index contributed by atoms with van der Waals surface area (Å²) in [6, 6.07) is 7.13. The van der Waals surface area contributed by atoms with Crippen LogP contribution in [-0.4, -0.2) is 38.0 Å². The van der Waals surface area contributed by atoms with Crippen LogP contribution >= 0.6 is 12.2 Å². The zero-order valence-electron chi connectivity index (χ0n) is 11.0. The molecule has 0 fully saturated rings. The minimum absolute atomic E-state index is 0.180. The van der Waals surface area contributed by atoms with E-state index in [0.717, 1.165) is 5.56 Å². The van der Waals surface area contributed by atoms with E-state index < -0.39 is 6.29 Å². The summed E-state index contributed by atoms with van der Waals surface area (Å²) in [6.07, 6.45) is 0.0879. The Bertz CT molecular complexity index is 430. The number of carbonyl (C=O) groups excluding carboxylic acids is 1. The van der Waals surface area contributed by atoms with Crippen LogP contribution < -0.4 is 11.1 Å². The molecule has 1 rings (SSSR count). The Kier molecular flexibility index (Phi) is 6.41. The molecule has 0 saturated heterocycles. The van der Waals surface area contributed by atoms with E-state index >= 15 is 0 Å². The lowest BCUT2D eigenvalue weighted by Crippen LogP contribution is -2.34. The van der Waals surface area contributed by atoms with Crippen LogP contribution in [0.15, 0.2) is 24.3 Å². The van der Waals surface area contributed by atoms with E-state index in [9.17, 15) is 4.79 Å². The molecule has 0 aliphatic heterocycles. The predicted octanol–water partition coefficient (Wildman–Crippen LogP) is 0.864. The molecular weight excluding hydrogens is 264 g/mol. The molecule has 19 heavy (non-hydrogen) atoms. The van der Waals surface area contributed by atoms with Gasteiger partial charge in [0.15, 0.2) is 6.29 Å². The molecule has 0 heterocycles. The molecular formula is C13H18N2O3S. The number of methoxy groups -OCH3 is 2. The average molecular weight is 282 g/mol. The van der Waals surface area contributed by atoms with Gasteiger partial charge in [-0.1, -0.05) is 24.4 Å². The Balaban J connectivity index is 2.55. The monoisotopic (exact) mass is 282 g/mol. The smallest absolute Gasteiger partial charge is 0.251 e. The van der Waals surface area contributed by atoms with Crippen molar-refractivity contribution in [2.24, 2.45) is 5.73 Å². The fourth-order valence-corrected chi connectivity index (χ4v) is 1.68. The molecule has 104 valence electrons. The number of hydrogen-bond donors (Lipinski definition) is 2. The van der Waals surface area contributed by atoms with Gasteiger partial charge in [-0.3, -0.25) is 4.79 Å². The highest BCUT2D eigenvalue weighted by molar-refractivity contribution is 7.80. The summed E-state index contributed by atoms with van der Waals surface area (Å²) in [5.74, 6) is -0.180. The fraction of sp³-hybridized carbons (Fsp3) is 0.385. The van der Waals surface area contributed by atoms with Gasteiger partial charge in [0.1, 0.15) is 0 Å². The van der Waals surface area contributed by atoms with Crippen molar-refractivity contribution in [3.05, 3.63) is 35.4 Å². The first-order chi connectivity index (χ1) is 9.06. The van der Waals surface area contributed by atoms with Crippen molar-refractivity contribution in [3.8, 4) is 0 Å². The van der Waals surface area contributed by atoms with Gasteiger partial charge in [-0.25, -0.2) is 0 Å². The molecule has 3 N–H and O–H groups in total. The van der Waals surface area contributed by atoms with Gasteiger partial charge < -0.3 is 20.5 Å². The summed E-state index contributed by atoms with van der Waals surface area (Å²) in [6.45, 7) is 0.292. The van der Waals surface area contributed by atoms with E-state index in [2.05, 4.69) is 5.32 Å². The van der Waals surface area contributed by atoms with E-state index in [1.807, 2.05) is 12.1 Å². The zero-order chi connectivity index (χ0) is 14.3. The SMILES string of the molecule is COC(CNC(=O)c1ccc(CC(N)=S)cc1)OC. The van der Waals surface area contributed by atoms with E-state index in [1.54, 1.807) is 12.1 Å². The van der Waals surface area contributed by atoms with Crippen LogP contribution in [-0.2, 0) is 15.9 Å². The van der Waals surface area contributed by atoms with Crippen molar-refractivity contribution in [1.29, 1.82) is 0 Å². The van der Waals surface area contributed by atoms with Crippen molar-refractivity contribution in [2.45, 2.75) is 12.7 Å². The number of benzene rings is 1. The van der Waals surface area contributed by atoms with Gasteiger partial charge in [-0.2, -0.15) is 0 Å². The second-order valence-corrected chi connectivity index (χ2v) is 4.48. The van der Waals surface area contributed by atoms with Crippen LogP contribution in [0.2, 0.25) is 0 Å². The number of nitrogens with two attached hydrogens (primary N) is 1. The normalized spacial score (nSPS) is 10.5. The largest absolute Gasteiger partial charge is 0.393 e. The molecule has 0 spiro atoms. The summed E-state index contributed by atoms with van der Waals surface area (Å²) in [5.41, 5.74) is 7.01. The van der Waals surface area contributed by atoms with Gasteiger partial charge in [-0.05, 0) is 17.7 Å². The third kappa shape index (κ3) is 5.34. The topological polar surface area (TPSA) is 73.6 Å². The minimum atomic E-state index is -0.446. The second-order valence-electron chi connectivity index (χ2n) is 3.95. The van der Waals surface area contributed by atoms with Gasteiger partial charge in [0.25, 0.3) is 5.91 Å². The molecule has 6 heteroatoms. The third-order valence-corrected chi connectivity index (χ3v) is 2.69. The van der Waals surface area contributed by atoms with E-state index in [4.69, 9.17) is 27.4 Å². The molecule has 0 aliphatic rings. The lowest BCUT2D eigenvalue weighted by Gasteiger charge is -2.14. The van der Waals surface area contributed by atoms with Gasteiger partial charge in [-0.15, -0.1) is 0 Å². The van der Waals surface area contributed by atoms with Crippen LogP contribution in [0.5, 0.6) is 0 Å². The lowest BCUT2D eigenvalue weighted by molar-refractivity contribution is -0.0974. The summed E-state index contributed by atoms with van der Waals surface area (Å²) in [5, 5.41) is 2.72. The second kappa shape index (κ2) is 7.83. The lowest BCUT2D eigenvalue weighted by atomic mass is 10.1. The maximum atomic E-state index is 11.8. The van der Waals surface area contributed by atoms with Crippen LogP contribution in [0, 0.1) is 0 Å². The maximum absolute atomic E-state index is 11.8. The number of thiocarbonyl (C=S) groups is 1. The summed E-state index contributed by atoms with van der Waals surface area (Å²) in [7, 11) is 3.04. The highest BCUT2D eigenvalue weighted by Crippen LogP contribution is 2.05. The molecule has 0 radical (unpaired) electrons. The number of hydrogen-bond acceptors (Lipinski definition) is 4. The molecule has 0 atom stereocenters. The van der Waals surface area contributed by atoms with E-state index in [-0.39, 0.29) is 5.91 Å². The van der Waals surface area contributed by atoms with Gasteiger partial charge in [0, 0.05) is 26.2 Å². The Labute approximate surface area is 118 Å². The highest BCUT2D eigenvalue weighted by atomic mass is 32.1.